The predicted molar refractivity (Wildman–Crippen MR) is 61.2 cm³/mol. The van der Waals surface area contributed by atoms with E-state index in [9.17, 15) is 4.79 Å². The number of hydrogen-bond acceptors (Lipinski definition) is 1. The second kappa shape index (κ2) is 6.86. The highest BCUT2D eigenvalue weighted by atomic mass is 16.1. The molecule has 1 amide bonds. The van der Waals surface area contributed by atoms with Gasteiger partial charge in [0, 0.05) is 13.0 Å². The molecule has 0 unspecified atom stereocenters. The highest BCUT2D eigenvalue weighted by molar-refractivity contribution is 5.75. The van der Waals surface area contributed by atoms with Gasteiger partial charge in [0.25, 0.3) is 0 Å². The largest absolute Gasteiger partial charge is 0.356 e. The van der Waals surface area contributed by atoms with Gasteiger partial charge in [-0.3, -0.25) is 4.79 Å². The first-order valence-electron chi connectivity index (χ1n) is 5.72. The van der Waals surface area contributed by atoms with Crippen LogP contribution in [0.15, 0.2) is 0 Å². The van der Waals surface area contributed by atoms with E-state index in [4.69, 9.17) is 0 Å². The molecular formula is C12H25NO. The molecule has 0 spiro atoms. The van der Waals surface area contributed by atoms with Crippen molar-refractivity contribution in [2.24, 2.45) is 5.41 Å². The Morgan fingerprint density at radius 1 is 1.21 bits per heavy atom. The van der Waals surface area contributed by atoms with E-state index in [0.717, 1.165) is 19.4 Å². The van der Waals surface area contributed by atoms with Gasteiger partial charge >= 0.3 is 0 Å². The first kappa shape index (κ1) is 13.5. The van der Waals surface area contributed by atoms with E-state index >= 15 is 0 Å². The van der Waals surface area contributed by atoms with E-state index in [1.165, 1.54) is 12.8 Å². The third kappa shape index (κ3) is 9.56. The molecule has 0 aromatic rings. The number of carbonyl (C=O) groups is 1. The van der Waals surface area contributed by atoms with Gasteiger partial charge in [0.05, 0.1) is 0 Å². The van der Waals surface area contributed by atoms with Crippen LogP contribution in [0.4, 0.5) is 0 Å². The van der Waals surface area contributed by atoms with Crippen molar-refractivity contribution >= 4 is 5.91 Å². The first-order chi connectivity index (χ1) is 6.45. The van der Waals surface area contributed by atoms with Crippen LogP contribution in [0, 0.1) is 5.41 Å². The lowest BCUT2D eigenvalue weighted by Crippen LogP contribution is -2.25. The zero-order valence-corrected chi connectivity index (χ0v) is 10.2. The van der Waals surface area contributed by atoms with Gasteiger partial charge in [0.15, 0.2) is 0 Å². The quantitative estimate of drug-likeness (QED) is 0.654. The fourth-order valence-electron chi connectivity index (χ4n) is 1.18. The summed E-state index contributed by atoms with van der Waals surface area (Å²) in [5.74, 6) is 0.205. The van der Waals surface area contributed by atoms with Gasteiger partial charge < -0.3 is 5.32 Å². The standard InChI is InChI=1S/C12H25NO/c1-5-6-7-10-13-11(14)8-9-12(2,3)4/h5-10H2,1-4H3,(H,13,14). The average Bonchev–Trinajstić information content (AvgIpc) is 2.08. The maximum absolute atomic E-state index is 11.3. The Bertz CT molecular complexity index is 158. The zero-order chi connectivity index (χ0) is 11.0. The maximum atomic E-state index is 11.3. The van der Waals surface area contributed by atoms with Crippen molar-refractivity contribution in [2.75, 3.05) is 6.54 Å². The summed E-state index contributed by atoms with van der Waals surface area (Å²) in [4.78, 5) is 11.3. The van der Waals surface area contributed by atoms with E-state index in [1.807, 2.05) is 0 Å². The molecule has 0 atom stereocenters. The number of hydrogen-bond donors (Lipinski definition) is 1. The molecule has 2 heteroatoms. The summed E-state index contributed by atoms with van der Waals surface area (Å²) in [7, 11) is 0. The van der Waals surface area contributed by atoms with Crippen LogP contribution in [0.2, 0.25) is 0 Å². The Balaban J connectivity index is 3.38. The fraction of sp³-hybridized carbons (Fsp3) is 0.917. The van der Waals surface area contributed by atoms with Crippen LogP contribution < -0.4 is 5.32 Å². The van der Waals surface area contributed by atoms with Crippen molar-refractivity contribution in [3.8, 4) is 0 Å². The van der Waals surface area contributed by atoms with E-state index in [1.54, 1.807) is 0 Å². The first-order valence-corrected chi connectivity index (χ1v) is 5.72. The lowest BCUT2D eigenvalue weighted by Gasteiger charge is -2.17. The molecule has 0 aliphatic rings. The summed E-state index contributed by atoms with van der Waals surface area (Å²) < 4.78 is 0. The molecule has 0 fully saturated rings. The minimum Gasteiger partial charge on any atom is -0.356 e. The van der Waals surface area contributed by atoms with Gasteiger partial charge in [0.2, 0.25) is 5.91 Å². The Hall–Kier alpha value is -0.530. The van der Waals surface area contributed by atoms with E-state index in [2.05, 4.69) is 33.0 Å². The number of rotatable bonds is 6. The Morgan fingerprint density at radius 3 is 2.36 bits per heavy atom. The average molecular weight is 199 g/mol. The van der Waals surface area contributed by atoms with Gasteiger partial charge in [0.1, 0.15) is 0 Å². The number of amides is 1. The molecule has 0 rings (SSSR count). The summed E-state index contributed by atoms with van der Waals surface area (Å²) in [6.07, 6.45) is 5.15. The summed E-state index contributed by atoms with van der Waals surface area (Å²) in [5.41, 5.74) is 0.265. The third-order valence-electron chi connectivity index (χ3n) is 2.20. The van der Waals surface area contributed by atoms with Gasteiger partial charge in [-0.25, -0.2) is 0 Å². The van der Waals surface area contributed by atoms with E-state index in [-0.39, 0.29) is 11.3 Å². The summed E-state index contributed by atoms with van der Waals surface area (Å²) >= 11 is 0. The van der Waals surface area contributed by atoms with Crippen LogP contribution in [0.25, 0.3) is 0 Å². The molecule has 0 aromatic carbocycles. The highest BCUT2D eigenvalue weighted by Gasteiger charge is 2.12. The Labute approximate surface area is 88.5 Å². The molecule has 0 aliphatic carbocycles. The van der Waals surface area contributed by atoms with Crippen molar-refractivity contribution in [2.45, 2.75) is 59.8 Å². The molecule has 14 heavy (non-hydrogen) atoms. The minimum absolute atomic E-state index is 0.205. The molecule has 0 radical (unpaired) electrons. The molecule has 0 aromatic heterocycles. The van der Waals surface area contributed by atoms with Crippen LogP contribution in [-0.4, -0.2) is 12.5 Å². The Kier molecular flexibility index (Phi) is 6.60. The van der Waals surface area contributed by atoms with Crippen LogP contribution in [-0.2, 0) is 4.79 Å². The number of unbranched alkanes of at least 4 members (excludes halogenated alkanes) is 2. The third-order valence-corrected chi connectivity index (χ3v) is 2.20. The van der Waals surface area contributed by atoms with Crippen molar-refractivity contribution in [1.29, 1.82) is 0 Å². The van der Waals surface area contributed by atoms with E-state index in [0.29, 0.717) is 6.42 Å². The molecule has 84 valence electrons. The molecule has 0 bridgehead atoms. The molecular weight excluding hydrogens is 174 g/mol. The fourth-order valence-corrected chi connectivity index (χ4v) is 1.18. The van der Waals surface area contributed by atoms with E-state index < -0.39 is 0 Å². The van der Waals surface area contributed by atoms with Crippen molar-refractivity contribution in [3.05, 3.63) is 0 Å². The predicted octanol–water partition coefficient (Wildman–Crippen LogP) is 3.12. The molecule has 0 saturated heterocycles. The molecule has 2 nitrogen and oxygen atoms in total. The smallest absolute Gasteiger partial charge is 0.220 e. The summed E-state index contributed by atoms with van der Waals surface area (Å²) in [6, 6.07) is 0. The second-order valence-corrected chi connectivity index (χ2v) is 5.12. The monoisotopic (exact) mass is 199 g/mol. The van der Waals surface area contributed by atoms with Gasteiger partial charge in [-0.15, -0.1) is 0 Å². The van der Waals surface area contributed by atoms with Crippen molar-refractivity contribution < 1.29 is 4.79 Å². The van der Waals surface area contributed by atoms with Crippen LogP contribution in [0.5, 0.6) is 0 Å². The zero-order valence-electron chi connectivity index (χ0n) is 10.2. The molecule has 0 aliphatic heterocycles. The molecule has 1 N–H and O–H groups in total. The summed E-state index contributed by atoms with van der Waals surface area (Å²) in [5, 5.41) is 2.95. The highest BCUT2D eigenvalue weighted by Crippen LogP contribution is 2.20. The van der Waals surface area contributed by atoms with Gasteiger partial charge in [-0.1, -0.05) is 40.5 Å². The Morgan fingerprint density at radius 2 is 1.86 bits per heavy atom. The number of nitrogens with one attached hydrogen (secondary N) is 1. The molecule has 0 saturated carbocycles. The van der Waals surface area contributed by atoms with Crippen LogP contribution in [0.1, 0.15) is 59.8 Å². The van der Waals surface area contributed by atoms with Gasteiger partial charge in [-0.05, 0) is 18.3 Å². The van der Waals surface area contributed by atoms with Crippen LogP contribution >= 0.6 is 0 Å². The maximum Gasteiger partial charge on any atom is 0.220 e. The number of carbonyl (C=O) groups excluding carboxylic acids is 1. The minimum atomic E-state index is 0.205. The lowest BCUT2D eigenvalue weighted by molar-refractivity contribution is -0.121. The van der Waals surface area contributed by atoms with Crippen molar-refractivity contribution in [3.63, 3.8) is 0 Å². The summed E-state index contributed by atoms with van der Waals surface area (Å²) in [6.45, 7) is 9.50. The van der Waals surface area contributed by atoms with Crippen molar-refractivity contribution in [1.82, 2.24) is 5.32 Å². The second-order valence-electron chi connectivity index (χ2n) is 5.12. The SMILES string of the molecule is CCCCCNC(=O)CCC(C)(C)C. The van der Waals surface area contributed by atoms with Crippen LogP contribution in [0.3, 0.4) is 0 Å². The molecule has 0 heterocycles. The van der Waals surface area contributed by atoms with Gasteiger partial charge in [-0.2, -0.15) is 0 Å². The lowest BCUT2D eigenvalue weighted by atomic mass is 9.90. The topological polar surface area (TPSA) is 29.1 Å². The normalized spacial score (nSPS) is 11.4.